The molecule has 1 aliphatic rings. The first-order chi connectivity index (χ1) is 9.65. The van der Waals surface area contributed by atoms with Gasteiger partial charge in [0.1, 0.15) is 0 Å². The van der Waals surface area contributed by atoms with E-state index in [1.807, 2.05) is 26.0 Å². The zero-order valence-corrected chi connectivity index (χ0v) is 13.9. The Morgan fingerprint density at radius 3 is 2.30 bits per heavy atom. The van der Waals surface area contributed by atoms with E-state index in [1.54, 1.807) is 0 Å². The summed E-state index contributed by atoms with van der Waals surface area (Å²) in [5, 5.41) is 0. The highest BCUT2D eigenvalue weighted by Gasteiger charge is 2.23. The van der Waals surface area contributed by atoms with Crippen molar-refractivity contribution in [1.82, 2.24) is 0 Å². The second-order valence-electron chi connectivity index (χ2n) is 5.33. The van der Waals surface area contributed by atoms with Crippen molar-refractivity contribution in [2.75, 3.05) is 13.2 Å². The van der Waals surface area contributed by atoms with Crippen LogP contribution in [0.4, 0.5) is 0 Å². The second kappa shape index (κ2) is 7.32. The van der Waals surface area contributed by atoms with Crippen LogP contribution in [0.2, 0.25) is 0 Å². The van der Waals surface area contributed by atoms with Gasteiger partial charge in [-0.15, -0.1) is 0 Å². The Morgan fingerprint density at radius 2 is 1.80 bits per heavy atom. The fourth-order valence-electron chi connectivity index (χ4n) is 2.59. The van der Waals surface area contributed by atoms with E-state index in [9.17, 15) is 0 Å². The third-order valence-electron chi connectivity index (χ3n) is 3.87. The molecule has 1 unspecified atom stereocenters. The molecule has 2 rings (SSSR count). The first kappa shape index (κ1) is 15.6. The lowest BCUT2D eigenvalue weighted by molar-refractivity contribution is 0.274. The molecule has 112 valence electrons. The van der Waals surface area contributed by atoms with Crippen LogP contribution >= 0.6 is 15.9 Å². The topological polar surface area (TPSA) is 44.5 Å². The molecule has 0 saturated heterocycles. The zero-order valence-electron chi connectivity index (χ0n) is 12.3. The molecule has 0 spiro atoms. The summed E-state index contributed by atoms with van der Waals surface area (Å²) in [5.74, 6) is 2.36. The summed E-state index contributed by atoms with van der Waals surface area (Å²) in [4.78, 5) is 0. The number of hydrogen-bond acceptors (Lipinski definition) is 3. The summed E-state index contributed by atoms with van der Waals surface area (Å²) in [6.07, 6.45) is 5.05. The van der Waals surface area contributed by atoms with Gasteiger partial charge in [-0.3, -0.25) is 0 Å². The van der Waals surface area contributed by atoms with E-state index in [4.69, 9.17) is 15.2 Å². The fourth-order valence-corrected chi connectivity index (χ4v) is 3.20. The zero-order chi connectivity index (χ0) is 14.5. The van der Waals surface area contributed by atoms with Gasteiger partial charge in [-0.05, 0) is 43.9 Å². The number of rotatable bonds is 7. The molecular weight excluding hydrogens is 318 g/mol. The van der Waals surface area contributed by atoms with E-state index in [0.29, 0.717) is 13.2 Å². The number of benzene rings is 1. The molecule has 1 atom stereocenters. The maximum Gasteiger partial charge on any atom is 0.162 e. The van der Waals surface area contributed by atoms with Crippen LogP contribution in [-0.4, -0.2) is 13.2 Å². The molecule has 1 aromatic rings. The van der Waals surface area contributed by atoms with Gasteiger partial charge in [0.2, 0.25) is 0 Å². The standard InChI is InChI=1S/C16H24BrNO2/c1-3-19-15-9-12(13(17)10-16(15)20-4-2)14(18)8-11-6-5-7-11/h9-11,14H,3-8,18H2,1-2H3. The van der Waals surface area contributed by atoms with E-state index in [0.717, 1.165) is 33.9 Å². The molecule has 0 amide bonds. The van der Waals surface area contributed by atoms with Crippen molar-refractivity contribution in [3.8, 4) is 11.5 Å². The van der Waals surface area contributed by atoms with Gasteiger partial charge in [0.25, 0.3) is 0 Å². The van der Waals surface area contributed by atoms with Gasteiger partial charge in [-0.1, -0.05) is 35.2 Å². The predicted molar refractivity (Wildman–Crippen MR) is 85.4 cm³/mol. The highest BCUT2D eigenvalue weighted by atomic mass is 79.9. The molecule has 2 N–H and O–H groups in total. The van der Waals surface area contributed by atoms with Crippen LogP contribution in [0, 0.1) is 5.92 Å². The molecular formula is C16H24BrNO2. The molecule has 3 nitrogen and oxygen atoms in total. The Hall–Kier alpha value is -0.740. The molecule has 0 bridgehead atoms. The smallest absolute Gasteiger partial charge is 0.162 e. The minimum atomic E-state index is 0.0598. The molecule has 1 fully saturated rings. The summed E-state index contributed by atoms with van der Waals surface area (Å²) in [5.41, 5.74) is 7.48. The third-order valence-corrected chi connectivity index (χ3v) is 4.56. The average Bonchev–Trinajstić information content (AvgIpc) is 2.37. The van der Waals surface area contributed by atoms with E-state index in [2.05, 4.69) is 15.9 Å². The van der Waals surface area contributed by atoms with Crippen LogP contribution in [0.5, 0.6) is 11.5 Å². The maximum atomic E-state index is 6.37. The second-order valence-corrected chi connectivity index (χ2v) is 6.18. The quantitative estimate of drug-likeness (QED) is 0.797. The van der Waals surface area contributed by atoms with E-state index >= 15 is 0 Å². The van der Waals surface area contributed by atoms with Gasteiger partial charge in [0.15, 0.2) is 11.5 Å². The first-order valence-corrected chi connectivity index (χ1v) is 8.29. The van der Waals surface area contributed by atoms with Gasteiger partial charge in [-0.2, -0.15) is 0 Å². The molecule has 1 aliphatic carbocycles. The van der Waals surface area contributed by atoms with Crippen LogP contribution < -0.4 is 15.2 Å². The van der Waals surface area contributed by atoms with E-state index in [1.165, 1.54) is 19.3 Å². The molecule has 0 radical (unpaired) electrons. The van der Waals surface area contributed by atoms with E-state index in [-0.39, 0.29) is 6.04 Å². The molecule has 20 heavy (non-hydrogen) atoms. The Balaban J connectivity index is 2.20. The highest BCUT2D eigenvalue weighted by molar-refractivity contribution is 9.10. The van der Waals surface area contributed by atoms with Crippen molar-refractivity contribution in [1.29, 1.82) is 0 Å². The summed E-state index contributed by atoms with van der Waals surface area (Å²) in [7, 11) is 0. The minimum absolute atomic E-state index is 0.0598. The van der Waals surface area contributed by atoms with Gasteiger partial charge in [0, 0.05) is 10.5 Å². The third kappa shape index (κ3) is 3.67. The summed E-state index contributed by atoms with van der Waals surface area (Å²) in [6.45, 7) is 5.20. The fraction of sp³-hybridized carbons (Fsp3) is 0.625. The summed E-state index contributed by atoms with van der Waals surface area (Å²) >= 11 is 3.62. The van der Waals surface area contributed by atoms with Gasteiger partial charge in [-0.25, -0.2) is 0 Å². The monoisotopic (exact) mass is 341 g/mol. The first-order valence-electron chi connectivity index (χ1n) is 7.50. The van der Waals surface area contributed by atoms with Crippen molar-refractivity contribution in [2.45, 2.75) is 45.6 Å². The Labute approximate surface area is 130 Å². The Morgan fingerprint density at radius 1 is 1.20 bits per heavy atom. The van der Waals surface area contributed by atoms with E-state index < -0.39 is 0 Å². The number of halogens is 1. The molecule has 4 heteroatoms. The lowest BCUT2D eigenvalue weighted by atomic mass is 9.80. The normalized spacial score (nSPS) is 16.6. The summed E-state index contributed by atoms with van der Waals surface area (Å²) < 4.78 is 12.3. The maximum absolute atomic E-state index is 6.37. The number of ether oxygens (including phenoxy) is 2. The van der Waals surface area contributed by atoms with Crippen molar-refractivity contribution >= 4 is 15.9 Å². The molecule has 0 aliphatic heterocycles. The molecule has 0 heterocycles. The number of nitrogens with two attached hydrogens (primary N) is 1. The van der Waals surface area contributed by atoms with Crippen LogP contribution in [0.3, 0.4) is 0 Å². The van der Waals surface area contributed by atoms with Crippen molar-refractivity contribution in [3.63, 3.8) is 0 Å². The Kier molecular flexibility index (Phi) is 5.73. The van der Waals surface area contributed by atoms with Crippen LogP contribution in [-0.2, 0) is 0 Å². The SMILES string of the molecule is CCOc1cc(Br)c(C(N)CC2CCC2)cc1OCC. The van der Waals surface area contributed by atoms with Gasteiger partial charge >= 0.3 is 0 Å². The molecule has 1 aromatic carbocycles. The largest absolute Gasteiger partial charge is 0.490 e. The van der Waals surface area contributed by atoms with Gasteiger partial charge in [0.05, 0.1) is 13.2 Å². The van der Waals surface area contributed by atoms with Crippen LogP contribution in [0.1, 0.15) is 51.1 Å². The van der Waals surface area contributed by atoms with Crippen molar-refractivity contribution in [2.24, 2.45) is 11.7 Å². The summed E-state index contributed by atoms with van der Waals surface area (Å²) in [6, 6.07) is 4.07. The molecule has 0 aromatic heterocycles. The molecule has 1 saturated carbocycles. The lowest BCUT2D eigenvalue weighted by Crippen LogP contribution is -2.20. The van der Waals surface area contributed by atoms with Crippen LogP contribution in [0.25, 0.3) is 0 Å². The average molecular weight is 342 g/mol. The predicted octanol–water partition coefficient (Wildman–Crippen LogP) is 4.44. The number of hydrogen-bond donors (Lipinski definition) is 1. The van der Waals surface area contributed by atoms with Crippen molar-refractivity contribution in [3.05, 3.63) is 22.2 Å². The van der Waals surface area contributed by atoms with Gasteiger partial charge < -0.3 is 15.2 Å². The van der Waals surface area contributed by atoms with Crippen molar-refractivity contribution < 1.29 is 9.47 Å². The van der Waals surface area contributed by atoms with Crippen LogP contribution in [0.15, 0.2) is 16.6 Å². The Bertz CT molecular complexity index is 446. The minimum Gasteiger partial charge on any atom is -0.490 e. The lowest BCUT2D eigenvalue weighted by Gasteiger charge is -2.28. The highest BCUT2D eigenvalue weighted by Crippen LogP contribution is 2.40.